The molecular formula is C14H18BrFO2. The van der Waals surface area contributed by atoms with Crippen LogP contribution in [0.4, 0.5) is 4.39 Å². The third-order valence-corrected chi connectivity index (χ3v) is 4.07. The summed E-state index contributed by atoms with van der Waals surface area (Å²) in [7, 11) is 0. The second-order valence-electron chi connectivity index (χ2n) is 4.75. The van der Waals surface area contributed by atoms with Crippen molar-refractivity contribution in [3.05, 3.63) is 34.1 Å². The van der Waals surface area contributed by atoms with Crippen LogP contribution >= 0.6 is 15.9 Å². The molecule has 0 amide bonds. The maximum absolute atomic E-state index is 13.1. The fourth-order valence-electron chi connectivity index (χ4n) is 2.34. The van der Waals surface area contributed by atoms with Gasteiger partial charge in [0.05, 0.1) is 12.2 Å². The van der Waals surface area contributed by atoms with E-state index in [1.54, 1.807) is 6.07 Å². The minimum atomic E-state index is -0.614. The van der Waals surface area contributed by atoms with Gasteiger partial charge in [-0.3, -0.25) is 0 Å². The standard InChI is InChI=1S/C14H18BrFO2/c15-13-7-6-10(16)9-12(13)14(17)5-1-3-11-4-2-8-18-11/h6-7,9,11,14,17H,1-5,8H2. The first kappa shape index (κ1) is 14.0. The molecule has 1 aromatic carbocycles. The highest BCUT2D eigenvalue weighted by molar-refractivity contribution is 9.10. The quantitative estimate of drug-likeness (QED) is 0.890. The number of aliphatic hydroxyl groups excluding tert-OH is 1. The number of hydrogen-bond acceptors (Lipinski definition) is 2. The summed E-state index contributed by atoms with van der Waals surface area (Å²) in [5.41, 5.74) is 0.627. The zero-order chi connectivity index (χ0) is 13.0. The number of aliphatic hydroxyl groups is 1. The van der Waals surface area contributed by atoms with E-state index in [2.05, 4.69) is 15.9 Å². The predicted molar refractivity (Wildman–Crippen MR) is 71.9 cm³/mol. The largest absolute Gasteiger partial charge is 0.388 e. The average Bonchev–Trinajstić information content (AvgIpc) is 2.85. The molecule has 2 rings (SSSR count). The molecule has 18 heavy (non-hydrogen) atoms. The molecule has 2 nitrogen and oxygen atoms in total. The highest BCUT2D eigenvalue weighted by Gasteiger charge is 2.17. The van der Waals surface area contributed by atoms with Crippen molar-refractivity contribution >= 4 is 15.9 Å². The van der Waals surface area contributed by atoms with Crippen LogP contribution in [0.3, 0.4) is 0 Å². The van der Waals surface area contributed by atoms with Gasteiger partial charge in [0.25, 0.3) is 0 Å². The van der Waals surface area contributed by atoms with Crippen LogP contribution in [0.1, 0.15) is 43.8 Å². The second-order valence-corrected chi connectivity index (χ2v) is 5.60. The molecule has 100 valence electrons. The lowest BCUT2D eigenvalue weighted by molar-refractivity contribution is 0.0943. The highest BCUT2D eigenvalue weighted by atomic mass is 79.9. The zero-order valence-corrected chi connectivity index (χ0v) is 11.8. The van der Waals surface area contributed by atoms with E-state index >= 15 is 0 Å². The van der Waals surface area contributed by atoms with Crippen LogP contribution in [0.15, 0.2) is 22.7 Å². The van der Waals surface area contributed by atoms with E-state index in [9.17, 15) is 9.50 Å². The molecule has 4 heteroatoms. The van der Waals surface area contributed by atoms with Crippen LogP contribution in [0.25, 0.3) is 0 Å². The third-order valence-electron chi connectivity index (χ3n) is 3.34. The minimum absolute atomic E-state index is 0.314. The average molecular weight is 317 g/mol. The van der Waals surface area contributed by atoms with E-state index in [-0.39, 0.29) is 5.82 Å². The Morgan fingerprint density at radius 2 is 2.33 bits per heavy atom. The van der Waals surface area contributed by atoms with Crippen LogP contribution < -0.4 is 0 Å². The second kappa shape index (κ2) is 6.64. The SMILES string of the molecule is OC(CCCC1CCCO1)c1cc(F)ccc1Br. The Balaban J connectivity index is 1.83. The maximum Gasteiger partial charge on any atom is 0.123 e. The molecule has 2 unspecified atom stereocenters. The molecule has 1 aromatic rings. The van der Waals surface area contributed by atoms with E-state index in [1.165, 1.54) is 12.1 Å². The Hall–Kier alpha value is -0.450. The molecular weight excluding hydrogens is 299 g/mol. The van der Waals surface area contributed by atoms with Crippen LogP contribution in [0, 0.1) is 5.82 Å². The smallest absolute Gasteiger partial charge is 0.123 e. The number of rotatable bonds is 5. The summed E-state index contributed by atoms with van der Waals surface area (Å²) >= 11 is 3.34. The van der Waals surface area contributed by atoms with Gasteiger partial charge in [-0.1, -0.05) is 15.9 Å². The highest BCUT2D eigenvalue weighted by Crippen LogP contribution is 2.28. The Morgan fingerprint density at radius 1 is 1.50 bits per heavy atom. The third kappa shape index (κ3) is 3.77. The van der Waals surface area contributed by atoms with Crippen molar-refractivity contribution in [1.29, 1.82) is 0 Å². The van der Waals surface area contributed by atoms with Crippen LogP contribution in [0.2, 0.25) is 0 Å². The van der Waals surface area contributed by atoms with E-state index in [1.807, 2.05) is 0 Å². The molecule has 2 atom stereocenters. The van der Waals surface area contributed by atoms with Crippen molar-refractivity contribution in [2.45, 2.75) is 44.3 Å². The molecule has 0 bridgehead atoms. The lowest BCUT2D eigenvalue weighted by atomic mass is 10.0. The Labute approximate surface area is 115 Å². The Morgan fingerprint density at radius 3 is 3.06 bits per heavy atom. The lowest BCUT2D eigenvalue weighted by Crippen LogP contribution is -2.06. The molecule has 0 radical (unpaired) electrons. The zero-order valence-electron chi connectivity index (χ0n) is 10.2. The molecule has 1 fully saturated rings. The summed E-state index contributed by atoms with van der Waals surface area (Å²) in [6.45, 7) is 0.864. The fraction of sp³-hybridized carbons (Fsp3) is 0.571. The van der Waals surface area contributed by atoms with Gasteiger partial charge >= 0.3 is 0 Å². The number of hydrogen-bond donors (Lipinski definition) is 1. The number of ether oxygens (including phenoxy) is 1. The number of halogens is 2. The van der Waals surface area contributed by atoms with Gasteiger partial charge in [-0.15, -0.1) is 0 Å². The molecule has 0 spiro atoms. The summed E-state index contributed by atoms with van der Waals surface area (Å²) in [6.07, 6.45) is 4.52. The molecule has 0 aromatic heterocycles. The van der Waals surface area contributed by atoms with Crippen molar-refractivity contribution in [3.8, 4) is 0 Å². The Bertz CT molecular complexity index is 391. The van der Waals surface area contributed by atoms with Crippen molar-refractivity contribution < 1.29 is 14.2 Å². The minimum Gasteiger partial charge on any atom is -0.388 e. The first-order valence-corrected chi connectivity index (χ1v) is 7.20. The summed E-state index contributed by atoms with van der Waals surface area (Å²) in [5.74, 6) is -0.314. The summed E-state index contributed by atoms with van der Waals surface area (Å²) < 4.78 is 19.4. The molecule has 1 aliphatic heterocycles. The summed E-state index contributed by atoms with van der Waals surface area (Å²) in [5, 5.41) is 10.1. The van der Waals surface area contributed by atoms with Gasteiger partial charge in [-0.2, -0.15) is 0 Å². The summed E-state index contributed by atoms with van der Waals surface area (Å²) in [6, 6.07) is 4.40. The molecule has 1 heterocycles. The van der Waals surface area contributed by atoms with Crippen molar-refractivity contribution in [3.63, 3.8) is 0 Å². The predicted octanol–water partition coefficient (Wildman–Crippen LogP) is 3.97. The van der Waals surface area contributed by atoms with Crippen molar-refractivity contribution in [1.82, 2.24) is 0 Å². The van der Waals surface area contributed by atoms with E-state index in [0.717, 1.165) is 36.8 Å². The summed E-state index contributed by atoms with van der Waals surface area (Å²) in [4.78, 5) is 0. The van der Waals surface area contributed by atoms with Crippen LogP contribution in [-0.2, 0) is 4.74 Å². The van der Waals surface area contributed by atoms with Gasteiger partial charge < -0.3 is 9.84 Å². The van der Waals surface area contributed by atoms with Crippen LogP contribution in [-0.4, -0.2) is 17.8 Å². The van der Waals surface area contributed by atoms with Gasteiger partial charge in [0.1, 0.15) is 5.82 Å². The molecule has 0 saturated carbocycles. The maximum atomic E-state index is 13.1. The van der Waals surface area contributed by atoms with Gasteiger partial charge in [0, 0.05) is 11.1 Å². The number of benzene rings is 1. The van der Waals surface area contributed by atoms with Gasteiger partial charge in [-0.05, 0) is 55.9 Å². The van der Waals surface area contributed by atoms with Crippen molar-refractivity contribution in [2.75, 3.05) is 6.61 Å². The normalized spacial score (nSPS) is 21.2. The van der Waals surface area contributed by atoms with E-state index < -0.39 is 6.10 Å². The monoisotopic (exact) mass is 316 g/mol. The molecule has 1 saturated heterocycles. The molecule has 1 N–H and O–H groups in total. The Kier molecular flexibility index (Phi) is 5.15. The molecule has 0 aliphatic carbocycles. The first-order chi connectivity index (χ1) is 8.66. The topological polar surface area (TPSA) is 29.5 Å². The van der Waals surface area contributed by atoms with Gasteiger partial charge in [0.2, 0.25) is 0 Å². The van der Waals surface area contributed by atoms with Gasteiger partial charge in [-0.25, -0.2) is 4.39 Å². The van der Waals surface area contributed by atoms with Crippen molar-refractivity contribution in [2.24, 2.45) is 0 Å². The van der Waals surface area contributed by atoms with E-state index in [4.69, 9.17) is 4.74 Å². The molecule has 1 aliphatic rings. The van der Waals surface area contributed by atoms with E-state index in [0.29, 0.717) is 18.1 Å². The lowest BCUT2D eigenvalue weighted by Gasteiger charge is -2.14. The van der Waals surface area contributed by atoms with Gasteiger partial charge in [0.15, 0.2) is 0 Å². The fourth-order valence-corrected chi connectivity index (χ4v) is 2.85. The first-order valence-electron chi connectivity index (χ1n) is 6.41. The van der Waals surface area contributed by atoms with Crippen LogP contribution in [0.5, 0.6) is 0 Å².